The van der Waals surface area contributed by atoms with Crippen LogP contribution in [0.4, 0.5) is 5.69 Å². The van der Waals surface area contributed by atoms with Crippen LogP contribution in [0, 0.1) is 0 Å². The van der Waals surface area contributed by atoms with Gasteiger partial charge >= 0.3 is 0 Å². The van der Waals surface area contributed by atoms with Crippen LogP contribution in [-0.2, 0) is 0 Å². The van der Waals surface area contributed by atoms with E-state index in [-0.39, 0.29) is 0 Å². The molecular formula is C15H13NS2. The molecule has 2 aromatic carbocycles. The topological polar surface area (TPSA) is 3.24 Å². The van der Waals surface area contributed by atoms with E-state index < -0.39 is 0 Å². The third kappa shape index (κ3) is 2.16. The molecule has 0 unspecified atom stereocenters. The van der Waals surface area contributed by atoms with Gasteiger partial charge in [-0.05, 0) is 11.6 Å². The van der Waals surface area contributed by atoms with E-state index in [1.165, 1.54) is 16.8 Å². The average Bonchev–Trinajstić information content (AvgIpc) is 2.86. The van der Waals surface area contributed by atoms with Crippen LogP contribution in [0.25, 0.3) is 11.1 Å². The van der Waals surface area contributed by atoms with E-state index >= 15 is 0 Å². The maximum absolute atomic E-state index is 5.42. The van der Waals surface area contributed by atoms with E-state index in [1.54, 1.807) is 11.8 Å². The fraction of sp³-hybridized carbons (Fsp3) is 0.133. The van der Waals surface area contributed by atoms with Crippen LogP contribution in [0.15, 0.2) is 54.6 Å². The third-order valence-electron chi connectivity index (χ3n) is 3.04. The monoisotopic (exact) mass is 271 g/mol. The second kappa shape index (κ2) is 5.12. The molecule has 0 bridgehead atoms. The van der Waals surface area contributed by atoms with Gasteiger partial charge in [0, 0.05) is 17.9 Å². The quantitative estimate of drug-likeness (QED) is 0.754. The molecule has 0 N–H and O–H groups in total. The van der Waals surface area contributed by atoms with Gasteiger partial charge in [-0.3, -0.25) is 0 Å². The van der Waals surface area contributed by atoms with Gasteiger partial charge in [-0.2, -0.15) is 0 Å². The van der Waals surface area contributed by atoms with Gasteiger partial charge in [0.25, 0.3) is 0 Å². The number of thioether (sulfide) groups is 1. The zero-order valence-electron chi connectivity index (χ0n) is 9.87. The van der Waals surface area contributed by atoms with E-state index in [0.29, 0.717) is 0 Å². The van der Waals surface area contributed by atoms with Gasteiger partial charge in [-0.25, -0.2) is 0 Å². The molecule has 3 rings (SSSR count). The number of thiocarbonyl (C=S) groups is 1. The summed E-state index contributed by atoms with van der Waals surface area (Å²) in [4.78, 5) is 2.24. The molecule has 3 heteroatoms. The van der Waals surface area contributed by atoms with Gasteiger partial charge in [-0.1, -0.05) is 72.5 Å². The summed E-state index contributed by atoms with van der Waals surface area (Å²) in [5.41, 5.74) is 3.72. The molecule has 1 fully saturated rings. The second-order valence-corrected chi connectivity index (χ2v) is 5.88. The Kier molecular flexibility index (Phi) is 3.35. The number of para-hydroxylation sites is 1. The summed E-state index contributed by atoms with van der Waals surface area (Å²) < 4.78 is 0.985. The van der Waals surface area contributed by atoms with Crippen molar-refractivity contribution >= 4 is 34.0 Å². The molecule has 1 nitrogen and oxygen atoms in total. The predicted molar refractivity (Wildman–Crippen MR) is 84.3 cm³/mol. The molecule has 1 aliphatic rings. The van der Waals surface area contributed by atoms with E-state index in [4.69, 9.17) is 12.2 Å². The van der Waals surface area contributed by atoms with E-state index in [0.717, 1.165) is 16.6 Å². The van der Waals surface area contributed by atoms with Crippen LogP contribution in [0.3, 0.4) is 0 Å². The highest BCUT2D eigenvalue weighted by molar-refractivity contribution is 8.23. The van der Waals surface area contributed by atoms with E-state index in [9.17, 15) is 0 Å². The Morgan fingerprint density at radius 2 is 1.67 bits per heavy atom. The minimum Gasteiger partial charge on any atom is -0.326 e. The van der Waals surface area contributed by atoms with Gasteiger partial charge in [0.2, 0.25) is 0 Å². The first-order valence-corrected chi connectivity index (χ1v) is 7.34. The molecular weight excluding hydrogens is 258 g/mol. The maximum Gasteiger partial charge on any atom is 0.140 e. The molecule has 1 heterocycles. The van der Waals surface area contributed by atoms with Crippen LogP contribution in [0.1, 0.15) is 0 Å². The van der Waals surface area contributed by atoms with Gasteiger partial charge < -0.3 is 4.90 Å². The van der Waals surface area contributed by atoms with Crippen LogP contribution >= 0.6 is 24.0 Å². The molecule has 0 saturated carbocycles. The second-order valence-electron chi connectivity index (χ2n) is 4.15. The zero-order valence-corrected chi connectivity index (χ0v) is 11.5. The lowest BCUT2D eigenvalue weighted by molar-refractivity contribution is 1.12. The van der Waals surface area contributed by atoms with Gasteiger partial charge in [-0.15, -0.1) is 0 Å². The Morgan fingerprint density at radius 1 is 0.944 bits per heavy atom. The highest BCUT2D eigenvalue weighted by Crippen LogP contribution is 2.34. The zero-order chi connectivity index (χ0) is 12.4. The fourth-order valence-electron chi connectivity index (χ4n) is 2.18. The molecule has 0 aliphatic carbocycles. The van der Waals surface area contributed by atoms with Gasteiger partial charge in [0.05, 0.1) is 5.69 Å². The summed E-state index contributed by atoms with van der Waals surface area (Å²) >= 11 is 7.18. The molecule has 0 amide bonds. The Morgan fingerprint density at radius 3 is 2.39 bits per heavy atom. The van der Waals surface area contributed by atoms with Crippen molar-refractivity contribution in [2.75, 3.05) is 17.2 Å². The third-order valence-corrected chi connectivity index (χ3v) is 4.47. The Hall–Kier alpha value is -1.32. The van der Waals surface area contributed by atoms with Crippen molar-refractivity contribution in [3.8, 4) is 11.1 Å². The number of anilines is 1. The number of rotatable bonds is 2. The SMILES string of the molecule is S=C1SCCN1c1ccccc1-c1ccccc1. The minimum absolute atomic E-state index is 0.985. The first-order valence-electron chi connectivity index (χ1n) is 5.95. The Balaban J connectivity index is 2.08. The lowest BCUT2D eigenvalue weighted by Crippen LogP contribution is -2.22. The molecule has 2 aromatic rings. The summed E-state index contributed by atoms with van der Waals surface area (Å²) in [7, 11) is 0. The summed E-state index contributed by atoms with van der Waals surface area (Å²) in [5, 5.41) is 0. The molecule has 1 aliphatic heterocycles. The lowest BCUT2D eigenvalue weighted by Gasteiger charge is -2.20. The predicted octanol–water partition coefficient (Wildman–Crippen LogP) is 4.19. The number of hydrogen-bond acceptors (Lipinski definition) is 2. The van der Waals surface area contributed by atoms with E-state index in [1.807, 2.05) is 6.07 Å². The molecule has 0 aromatic heterocycles. The smallest absolute Gasteiger partial charge is 0.140 e. The Labute approximate surface area is 117 Å². The number of hydrogen-bond donors (Lipinski definition) is 0. The minimum atomic E-state index is 0.985. The summed E-state index contributed by atoms with van der Waals surface area (Å²) in [6.45, 7) is 1.01. The highest BCUT2D eigenvalue weighted by Gasteiger charge is 2.21. The average molecular weight is 271 g/mol. The molecule has 0 spiro atoms. The van der Waals surface area contributed by atoms with Crippen LogP contribution in [-0.4, -0.2) is 16.6 Å². The molecule has 1 saturated heterocycles. The summed E-state index contributed by atoms with van der Waals surface area (Å²) in [6, 6.07) is 19.0. The fourth-order valence-corrected chi connectivity index (χ4v) is 3.42. The van der Waals surface area contributed by atoms with Crippen molar-refractivity contribution in [3.63, 3.8) is 0 Å². The van der Waals surface area contributed by atoms with Crippen molar-refractivity contribution in [1.29, 1.82) is 0 Å². The molecule has 90 valence electrons. The highest BCUT2D eigenvalue weighted by atomic mass is 32.2. The van der Waals surface area contributed by atoms with Gasteiger partial charge in [0.15, 0.2) is 0 Å². The van der Waals surface area contributed by atoms with Crippen LogP contribution < -0.4 is 4.90 Å². The van der Waals surface area contributed by atoms with Crippen molar-refractivity contribution in [2.24, 2.45) is 0 Å². The number of benzene rings is 2. The molecule has 18 heavy (non-hydrogen) atoms. The van der Waals surface area contributed by atoms with Crippen molar-refractivity contribution < 1.29 is 0 Å². The standard InChI is InChI=1S/C15H13NS2/c17-15-16(10-11-18-15)14-9-5-4-8-13(14)12-6-2-1-3-7-12/h1-9H,10-11H2. The van der Waals surface area contributed by atoms with E-state index in [2.05, 4.69) is 53.4 Å². The normalized spacial score (nSPS) is 15.1. The van der Waals surface area contributed by atoms with Crippen LogP contribution in [0.2, 0.25) is 0 Å². The number of nitrogens with zero attached hydrogens (tertiary/aromatic N) is 1. The lowest BCUT2D eigenvalue weighted by atomic mass is 10.0. The summed E-state index contributed by atoms with van der Waals surface area (Å²) in [6.07, 6.45) is 0. The van der Waals surface area contributed by atoms with Crippen molar-refractivity contribution in [2.45, 2.75) is 0 Å². The first kappa shape index (κ1) is 11.8. The van der Waals surface area contributed by atoms with Gasteiger partial charge in [0.1, 0.15) is 4.32 Å². The Bertz CT molecular complexity index is 566. The maximum atomic E-state index is 5.42. The van der Waals surface area contributed by atoms with Crippen molar-refractivity contribution in [3.05, 3.63) is 54.6 Å². The molecule has 0 radical (unpaired) electrons. The first-order chi connectivity index (χ1) is 8.86. The largest absolute Gasteiger partial charge is 0.326 e. The van der Waals surface area contributed by atoms with Crippen LogP contribution in [0.5, 0.6) is 0 Å². The van der Waals surface area contributed by atoms with Crippen molar-refractivity contribution in [1.82, 2.24) is 0 Å². The summed E-state index contributed by atoms with van der Waals surface area (Å²) in [5.74, 6) is 1.09. The molecule has 0 atom stereocenters.